The molecule has 5 heteroatoms. The lowest BCUT2D eigenvalue weighted by atomic mass is 10.1. The number of fused-ring (bicyclic) bond motifs is 1. The Labute approximate surface area is 158 Å². The normalized spacial score (nSPS) is 16.7. The number of nitrogens with one attached hydrogen (secondary N) is 1. The maximum atomic E-state index is 12.8. The van der Waals surface area contributed by atoms with E-state index in [0.29, 0.717) is 12.2 Å². The van der Waals surface area contributed by atoms with Gasteiger partial charge in [-0.05, 0) is 30.2 Å². The molecule has 0 unspecified atom stereocenters. The number of carbonyl (C=O) groups is 2. The number of hydrogen-bond acceptors (Lipinski definition) is 3. The topological polar surface area (TPSA) is 62.3 Å². The van der Waals surface area contributed by atoms with E-state index in [9.17, 15) is 9.59 Å². The van der Waals surface area contributed by atoms with Crippen molar-refractivity contribution in [1.82, 2.24) is 4.98 Å². The standard InChI is InChI=1S/C22H21N3O2/c1-2-15-7-3-4-11-19(15)25-14-17(13-20(25)26)22(27)24-18-10-5-8-16-9-6-12-23-21(16)18/h3-12,17H,2,13-14H2,1H3,(H,24,27)/t17-/m0/s1. The monoisotopic (exact) mass is 359 g/mol. The van der Waals surface area contributed by atoms with Crippen LogP contribution in [0, 0.1) is 5.92 Å². The summed E-state index contributed by atoms with van der Waals surface area (Å²) in [5, 5.41) is 3.94. The predicted octanol–water partition coefficient (Wildman–Crippen LogP) is 3.79. The first-order chi connectivity index (χ1) is 13.2. The van der Waals surface area contributed by atoms with Crippen LogP contribution in [0.15, 0.2) is 60.8 Å². The Morgan fingerprint density at radius 1 is 1.15 bits per heavy atom. The van der Waals surface area contributed by atoms with Crippen molar-refractivity contribution in [1.29, 1.82) is 0 Å². The Balaban J connectivity index is 1.54. The van der Waals surface area contributed by atoms with Crippen LogP contribution < -0.4 is 10.2 Å². The van der Waals surface area contributed by atoms with Crippen LogP contribution in [0.1, 0.15) is 18.9 Å². The van der Waals surface area contributed by atoms with E-state index in [0.717, 1.165) is 28.6 Å². The van der Waals surface area contributed by atoms with E-state index in [1.54, 1.807) is 11.1 Å². The molecule has 1 atom stereocenters. The second kappa shape index (κ2) is 7.19. The number of pyridine rings is 1. The first kappa shape index (κ1) is 17.2. The number of nitrogens with zero attached hydrogens (tertiary/aromatic N) is 2. The third-order valence-electron chi connectivity index (χ3n) is 5.05. The Bertz CT molecular complexity index is 1010. The quantitative estimate of drug-likeness (QED) is 0.771. The molecular weight excluding hydrogens is 338 g/mol. The van der Waals surface area contributed by atoms with Crippen molar-refractivity contribution in [2.45, 2.75) is 19.8 Å². The molecule has 5 nitrogen and oxygen atoms in total. The summed E-state index contributed by atoms with van der Waals surface area (Å²) in [5.41, 5.74) is 3.46. The fraction of sp³-hybridized carbons (Fsp3) is 0.227. The predicted molar refractivity (Wildman–Crippen MR) is 107 cm³/mol. The van der Waals surface area contributed by atoms with Gasteiger partial charge in [-0.2, -0.15) is 0 Å². The van der Waals surface area contributed by atoms with Crippen LogP contribution in [0.2, 0.25) is 0 Å². The number of anilines is 2. The molecule has 2 heterocycles. The van der Waals surface area contributed by atoms with E-state index >= 15 is 0 Å². The molecule has 1 aliphatic rings. The van der Waals surface area contributed by atoms with Gasteiger partial charge in [0, 0.05) is 30.2 Å². The summed E-state index contributed by atoms with van der Waals surface area (Å²) in [6, 6.07) is 17.4. The molecule has 4 rings (SSSR count). The minimum Gasteiger partial charge on any atom is -0.324 e. The third-order valence-corrected chi connectivity index (χ3v) is 5.05. The first-order valence-corrected chi connectivity index (χ1v) is 9.20. The average Bonchev–Trinajstić information content (AvgIpc) is 3.10. The van der Waals surface area contributed by atoms with Crippen molar-refractivity contribution >= 4 is 34.1 Å². The summed E-state index contributed by atoms with van der Waals surface area (Å²) in [6.45, 7) is 2.47. The van der Waals surface area contributed by atoms with E-state index < -0.39 is 0 Å². The number of rotatable bonds is 4. The Morgan fingerprint density at radius 3 is 2.81 bits per heavy atom. The lowest BCUT2D eigenvalue weighted by Crippen LogP contribution is -2.28. The molecule has 1 aromatic heterocycles. The smallest absolute Gasteiger partial charge is 0.229 e. The fourth-order valence-corrected chi connectivity index (χ4v) is 3.63. The zero-order valence-corrected chi connectivity index (χ0v) is 15.2. The van der Waals surface area contributed by atoms with Crippen LogP contribution in [-0.2, 0) is 16.0 Å². The van der Waals surface area contributed by atoms with Gasteiger partial charge in [0.05, 0.1) is 17.1 Å². The second-order valence-corrected chi connectivity index (χ2v) is 6.76. The highest BCUT2D eigenvalue weighted by Crippen LogP contribution is 2.29. The molecule has 0 aliphatic carbocycles. The summed E-state index contributed by atoms with van der Waals surface area (Å²) in [4.78, 5) is 31.5. The summed E-state index contributed by atoms with van der Waals surface area (Å²) < 4.78 is 0. The number of amides is 2. The molecular formula is C22H21N3O2. The van der Waals surface area contributed by atoms with Crippen LogP contribution in [0.3, 0.4) is 0 Å². The molecule has 1 N–H and O–H groups in total. The van der Waals surface area contributed by atoms with Gasteiger partial charge in [0.15, 0.2) is 0 Å². The Kier molecular flexibility index (Phi) is 4.59. The summed E-state index contributed by atoms with van der Waals surface area (Å²) in [5.74, 6) is -0.522. The molecule has 0 spiro atoms. The lowest BCUT2D eigenvalue weighted by Gasteiger charge is -2.20. The van der Waals surface area contributed by atoms with Crippen LogP contribution in [0.4, 0.5) is 11.4 Å². The van der Waals surface area contributed by atoms with E-state index in [1.807, 2.05) is 54.6 Å². The molecule has 2 aromatic carbocycles. The van der Waals surface area contributed by atoms with Gasteiger partial charge < -0.3 is 10.2 Å². The van der Waals surface area contributed by atoms with Gasteiger partial charge in [-0.25, -0.2) is 0 Å². The zero-order chi connectivity index (χ0) is 18.8. The first-order valence-electron chi connectivity index (χ1n) is 9.20. The fourth-order valence-electron chi connectivity index (χ4n) is 3.63. The molecule has 27 heavy (non-hydrogen) atoms. The van der Waals surface area contributed by atoms with Crippen LogP contribution in [0.25, 0.3) is 10.9 Å². The van der Waals surface area contributed by atoms with Crippen molar-refractivity contribution in [3.05, 3.63) is 66.4 Å². The molecule has 0 saturated carbocycles. The number of hydrogen-bond donors (Lipinski definition) is 1. The van der Waals surface area contributed by atoms with Gasteiger partial charge in [-0.3, -0.25) is 14.6 Å². The molecule has 136 valence electrons. The van der Waals surface area contributed by atoms with E-state index in [2.05, 4.69) is 17.2 Å². The van der Waals surface area contributed by atoms with Crippen molar-refractivity contribution in [2.24, 2.45) is 5.92 Å². The van der Waals surface area contributed by atoms with Gasteiger partial charge >= 0.3 is 0 Å². The molecule has 0 bridgehead atoms. The molecule has 2 amide bonds. The maximum absolute atomic E-state index is 12.8. The number of aryl methyl sites for hydroxylation is 1. The highest BCUT2D eigenvalue weighted by molar-refractivity contribution is 6.06. The molecule has 0 radical (unpaired) electrons. The SMILES string of the molecule is CCc1ccccc1N1C[C@@H](C(=O)Nc2cccc3cccnc23)CC1=O. The average molecular weight is 359 g/mol. The van der Waals surface area contributed by atoms with Gasteiger partial charge in [0.1, 0.15) is 0 Å². The van der Waals surface area contributed by atoms with Gasteiger partial charge in [0.2, 0.25) is 11.8 Å². The second-order valence-electron chi connectivity index (χ2n) is 6.76. The molecule has 1 aliphatic heterocycles. The van der Waals surface area contributed by atoms with Gasteiger partial charge in [-0.15, -0.1) is 0 Å². The van der Waals surface area contributed by atoms with Crippen LogP contribution in [0.5, 0.6) is 0 Å². The van der Waals surface area contributed by atoms with Crippen molar-refractivity contribution < 1.29 is 9.59 Å². The van der Waals surface area contributed by atoms with Gasteiger partial charge in [-0.1, -0.05) is 43.3 Å². The molecule has 1 saturated heterocycles. The number of benzene rings is 2. The minimum absolute atomic E-state index is 0.00732. The van der Waals surface area contributed by atoms with Crippen LogP contribution >= 0.6 is 0 Å². The van der Waals surface area contributed by atoms with Crippen molar-refractivity contribution in [2.75, 3.05) is 16.8 Å². The van der Waals surface area contributed by atoms with Crippen LogP contribution in [-0.4, -0.2) is 23.3 Å². The molecule has 1 fully saturated rings. The van der Waals surface area contributed by atoms with E-state index in [1.165, 1.54) is 0 Å². The maximum Gasteiger partial charge on any atom is 0.229 e. The van der Waals surface area contributed by atoms with E-state index in [4.69, 9.17) is 0 Å². The summed E-state index contributed by atoms with van der Waals surface area (Å²) >= 11 is 0. The van der Waals surface area contributed by atoms with E-state index in [-0.39, 0.29) is 24.2 Å². The number of aromatic nitrogens is 1. The van der Waals surface area contributed by atoms with Gasteiger partial charge in [0.25, 0.3) is 0 Å². The lowest BCUT2D eigenvalue weighted by molar-refractivity contribution is -0.122. The largest absolute Gasteiger partial charge is 0.324 e. The third kappa shape index (κ3) is 3.28. The zero-order valence-electron chi connectivity index (χ0n) is 15.2. The highest BCUT2D eigenvalue weighted by Gasteiger charge is 2.35. The highest BCUT2D eigenvalue weighted by atomic mass is 16.2. The summed E-state index contributed by atoms with van der Waals surface area (Å²) in [7, 11) is 0. The van der Waals surface area contributed by atoms with Crippen molar-refractivity contribution in [3.63, 3.8) is 0 Å². The number of carbonyl (C=O) groups excluding carboxylic acids is 2. The Morgan fingerprint density at radius 2 is 1.96 bits per heavy atom. The van der Waals surface area contributed by atoms with Crippen molar-refractivity contribution in [3.8, 4) is 0 Å². The Hall–Kier alpha value is -3.21. The molecule has 3 aromatic rings. The number of para-hydroxylation sites is 2. The minimum atomic E-state index is -0.374. The summed E-state index contributed by atoms with van der Waals surface area (Å²) in [6.07, 6.45) is 2.78.